The number of hydrogen-bond acceptors (Lipinski definition) is 1. The summed E-state index contributed by atoms with van der Waals surface area (Å²) in [6, 6.07) is 3.51. The minimum absolute atomic E-state index is 0.660. The summed E-state index contributed by atoms with van der Waals surface area (Å²) in [6.07, 6.45) is 0. The molecule has 0 spiro atoms. The van der Waals surface area contributed by atoms with Gasteiger partial charge in [-0.15, -0.1) is 12.6 Å². The van der Waals surface area contributed by atoms with E-state index in [1.807, 2.05) is 0 Å². The molecule has 4 heteroatoms. The Morgan fingerprint density at radius 3 is 2.40 bits per heavy atom. The van der Waals surface area contributed by atoms with Crippen molar-refractivity contribution in [2.45, 2.75) is 4.90 Å². The van der Waals surface area contributed by atoms with Crippen molar-refractivity contribution in [1.29, 1.82) is 0 Å². The third-order valence-corrected chi connectivity index (χ3v) is 3.25. The maximum Gasteiger partial charge on any atom is 0.0673 e. The van der Waals surface area contributed by atoms with Crippen LogP contribution >= 0.6 is 58.4 Å². The van der Waals surface area contributed by atoms with E-state index in [1.54, 1.807) is 12.1 Å². The largest absolute Gasteiger partial charge is 0.142 e. The van der Waals surface area contributed by atoms with Crippen LogP contribution in [0.4, 0.5) is 0 Å². The highest BCUT2D eigenvalue weighted by molar-refractivity contribution is 14.1. The summed E-state index contributed by atoms with van der Waals surface area (Å²) >= 11 is 17.7. The zero-order chi connectivity index (χ0) is 7.72. The van der Waals surface area contributed by atoms with Gasteiger partial charge in [-0.1, -0.05) is 23.2 Å². The molecule has 0 N–H and O–H groups in total. The molecule has 0 bridgehead atoms. The lowest BCUT2D eigenvalue weighted by molar-refractivity contribution is 1.44. The lowest BCUT2D eigenvalue weighted by atomic mass is 10.4. The highest BCUT2D eigenvalue weighted by Gasteiger charge is 2.01. The van der Waals surface area contributed by atoms with Crippen LogP contribution in [0.2, 0.25) is 10.0 Å². The molecule has 0 aliphatic heterocycles. The van der Waals surface area contributed by atoms with Crippen molar-refractivity contribution in [1.82, 2.24) is 0 Å². The van der Waals surface area contributed by atoms with Gasteiger partial charge < -0.3 is 0 Å². The molecule has 0 aliphatic rings. The van der Waals surface area contributed by atoms with E-state index < -0.39 is 0 Å². The van der Waals surface area contributed by atoms with Gasteiger partial charge >= 0.3 is 0 Å². The van der Waals surface area contributed by atoms with Crippen LogP contribution in [0.3, 0.4) is 0 Å². The van der Waals surface area contributed by atoms with Gasteiger partial charge in [0, 0.05) is 13.5 Å². The molecule has 0 radical (unpaired) electrons. The highest BCUT2D eigenvalue weighted by Crippen LogP contribution is 2.29. The first-order valence-electron chi connectivity index (χ1n) is 2.45. The van der Waals surface area contributed by atoms with E-state index in [0.717, 1.165) is 8.47 Å². The van der Waals surface area contributed by atoms with Crippen LogP contribution in [0.15, 0.2) is 17.0 Å². The molecule has 0 aromatic heterocycles. The van der Waals surface area contributed by atoms with Crippen molar-refractivity contribution >= 4 is 58.4 Å². The summed E-state index contributed by atoms with van der Waals surface area (Å²) in [5.74, 6) is 0. The van der Waals surface area contributed by atoms with E-state index in [-0.39, 0.29) is 0 Å². The molecule has 0 unspecified atom stereocenters. The summed E-state index contributed by atoms with van der Waals surface area (Å²) in [6.45, 7) is 0. The third-order valence-electron chi connectivity index (χ3n) is 0.974. The number of benzene rings is 1. The monoisotopic (exact) mass is 304 g/mol. The minimum Gasteiger partial charge on any atom is -0.142 e. The molecule has 1 aromatic carbocycles. The third kappa shape index (κ3) is 1.94. The van der Waals surface area contributed by atoms with Gasteiger partial charge in [-0.05, 0) is 34.7 Å². The molecule has 0 nitrogen and oxygen atoms in total. The summed E-state index contributed by atoms with van der Waals surface area (Å²) in [4.78, 5) is 0.721. The van der Waals surface area contributed by atoms with E-state index in [0.29, 0.717) is 10.0 Å². The van der Waals surface area contributed by atoms with Gasteiger partial charge in [0.05, 0.1) is 5.02 Å². The maximum absolute atomic E-state index is 5.81. The number of halogens is 3. The van der Waals surface area contributed by atoms with E-state index in [2.05, 4.69) is 35.2 Å². The second kappa shape index (κ2) is 3.52. The average molecular weight is 305 g/mol. The Bertz CT molecular complexity index is 239. The number of thiol groups is 1. The fourth-order valence-electron chi connectivity index (χ4n) is 0.542. The first-order valence-corrected chi connectivity index (χ1v) is 4.73. The standard InChI is InChI=1S/C6H3Cl2IS/c7-3-1-4(9)6(8)5(10)2-3/h1-2,10H. The van der Waals surface area contributed by atoms with Gasteiger partial charge in [0.2, 0.25) is 0 Å². The molecule has 0 fully saturated rings. The van der Waals surface area contributed by atoms with Crippen LogP contribution in [0.5, 0.6) is 0 Å². The van der Waals surface area contributed by atoms with Crippen LogP contribution in [0.1, 0.15) is 0 Å². The molecule has 10 heavy (non-hydrogen) atoms. The van der Waals surface area contributed by atoms with Gasteiger partial charge in [-0.2, -0.15) is 0 Å². The summed E-state index contributed by atoms with van der Waals surface area (Å²) in [5, 5.41) is 1.33. The molecular formula is C6H3Cl2IS. The second-order valence-corrected chi connectivity index (χ2v) is 4.18. The molecule has 54 valence electrons. The topological polar surface area (TPSA) is 0 Å². The van der Waals surface area contributed by atoms with Crippen LogP contribution in [0.25, 0.3) is 0 Å². The van der Waals surface area contributed by atoms with E-state index >= 15 is 0 Å². The van der Waals surface area contributed by atoms with Gasteiger partial charge in [0.1, 0.15) is 0 Å². The Morgan fingerprint density at radius 1 is 1.30 bits per heavy atom. The van der Waals surface area contributed by atoms with Gasteiger partial charge in [0.25, 0.3) is 0 Å². The van der Waals surface area contributed by atoms with Gasteiger partial charge in [-0.25, -0.2) is 0 Å². The van der Waals surface area contributed by atoms with Crippen molar-refractivity contribution in [2.24, 2.45) is 0 Å². The fraction of sp³-hybridized carbons (Fsp3) is 0. The van der Waals surface area contributed by atoms with Crippen molar-refractivity contribution in [3.8, 4) is 0 Å². The van der Waals surface area contributed by atoms with Crippen LogP contribution in [-0.2, 0) is 0 Å². The second-order valence-electron chi connectivity index (χ2n) is 1.72. The first-order chi connectivity index (χ1) is 4.61. The normalized spacial score (nSPS) is 10.0. The Hall–Kier alpha value is 0.880. The molecule has 1 aromatic rings. The maximum atomic E-state index is 5.81. The summed E-state index contributed by atoms with van der Waals surface area (Å²) < 4.78 is 0.928. The van der Waals surface area contributed by atoms with Crippen molar-refractivity contribution < 1.29 is 0 Å². The minimum atomic E-state index is 0.660. The SMILES string of the molecule is Sc1cc(Cl)cc(I)c1Cl. The molecule has 0 amide bonds. The Labute approximate surface area is 88.5 Å². The highest BCUT2D eigenvalue weighted by atomic mass is 127. The van der Waals surface area contributed by atoms with Gasteiger partial charge in [0.15, 0.2) is 0 Å². The van der Waals surface area contributed by atoms with Gasteiger partial charge in [-0.3, -0.25) is 0 Å². The predicted octanol–water partition coefficient (Wildman–Crippen LogP) is 3.89. The number of hydrogen-bond donors (Lipinski definition) is 1. The van der Waals surface area contributed by atoms with E-state index in [1.165, 1.54) is 0 Å². The van der Waals surface area contributed by atoms with E-state index in [9.17, 15) is 0 Å². The zero-order valence-corrected chi connectivity index (χ0v) is 9.30. The molecule has 0 saturated heterocycles. The molecule has 1 rings (SSSR count). The Balaban J connectivity index is 3.31. The van der Waals surface area contributed by atoms with Crippen molar-refractivity contribution in [3.05, 3.63) is 25.7 Å². The molecule has 0 atom stereocenters. The molecule has 0 heterocycles. The lowest BCUT2D eigenvalue weighted by Gasteiger charge is -1.99. The first kappa shape index (κ1) is 8.97. The summed E-state index contributed by atoms with van der Waals surface area (Å²) in [5.41, 5.74) is 0. The van der Waals surface area contributed by atoms with Crippen molar-refractivity contribution in [2.75, 3.05) is 0 Å². The van der Waals surface area contributed by atoms with E-state index in [4.69, 9.17) is 23.2 Å². The Kier molecular flexibility index (Phi) is 3.16. The zero-order valence-electron chi connectivity index (χ0n) is 4.74. The van der Waals surface area contributed by atoms with Crippen molar-refractivity contribution in [3.63, 3.8) is 0 Å². The molecule has 0 aliphatic carbocycles. The van der Waals surface area contributed by atoms with Crippen LogP contribution in [0, 0.1) is 3.57 Å². The predicted molar refractivity (Wildman–Crippen MR) is 56.4 cm³/mol. The van der Waals surface area contributed by atoms with Crippen LogP contribution < -0.4 is 0 Å². The average Bonchev–Trinajstić information content (AvgIpc) is 1.82. The quantitative estimate of drug-likeness (QED) is 0.420. The lowest BCUT2D eigenvalue weighted by Crippen LogP contribution is -1.76. The smallest absolute Gasteiger partial charge is 0.0673 e. The Morgan fingerprint density at radius 2 is 1.90 bits per heavy atom. The fourth-order valence-corrected chi connectivity index (χ4v) is 2.23. The van der Waals surface area contributed by atoms with Crippen LogP contribution in [-0.4, -0.2) is 0 Å². The molecular weight excluding hydrogens is 302 g/mol. The molecule has 0 saturated carbocycles. The summed E-state index contributed by atoms with van der Waals surface area (Å²) in [7, 11) is 0. The number of rotatable bonds is 0.